The van der Waals surface area contributed by atoms with E-state index in [0.29, 0.717) is 11.4 Å². The van der Waals surface area contributed by atoms with E-state index in [1.165, 1.54) is 18.9 Å². The second-order valence-corrected chi connectivity index (χ2v) is 6.67. The Bertz CT molecular complexity index is 862. The van der Waals surface area contributed by atoms with Gasteiger partial charge in [-0.05, 0) is 50.2 Å². The summed E-state index contributed by atoms with van der Waals surface area (Å²) in [6, 6.07) is 13.7. The molecule has 0 aliphatic heterocycles. The maximum absolute atomic E-state index is 12.3. The highest BCUT2D eigenvalue weighted by molar-refractivity contribution is 6.02. The Morgan fingerprint density at radius 2 is 1.69 bits per heavy atom. The molecule has 0 fully saturated rings. The van der Waals surface area contributed by atoms with Gasteiger partial charge in [-0.25, -0.2) is 4.79 Å². The molecule has 2 amide bonds. The molecule has 29 heavy (non-hydrogen) atoms. The number of rotatable bonds is 8. The lowest BCUT2D eigenvalue weighted by molar-refractivity contribution is -0.117. The summed E-state index contributed by atoms with van der Waals surface area (Å²) >= 11 is 0. The lowest BCUT2D eigenvalue weighted by atomic mass is 10.1. The number of benzene rings is 2. The number of hydrogen-bond acceptors (Lipinski definition) is 5. The van der Waals surface area contributed by atoms with Crippen LogP contribution in [0.1, 0.15) is 37.6 Å². The van der Waals surface area contributed by atoms with Crippen molar-refractivity contribution in [3.63, 3.8) is 0 Å². The number of anilines is 2. The molecule has 154 valence electrons. The van der Waals surface area contributed by atoms with Crippen molar-refractivity contribution in [2.24, 2.45) is 0 Å². The summed E-state index contributed by atoms with van der Waals surface area (Å²) in [4.78, 5) is 37.8. The van der Waals surface area contributed by atoms with Gasteiger partial charge < -0.3 is 19.7 Å². The van der Waals surface area contributed by atoms with E-state index in [4.69, 9.17) is 9.47 Å². The number of ether oxygens (including phenoxy) is 2. The summed E-state index contributed by atoms with van der Waals surface area (Å²) in [5.41, 5.74) is 1.32. The van der Waals surface area contributed by atoms with Gasteiger partial charge in [-0.3, -0.25) is 9.59 Å². The zero-order chi connectivity index (χ0) is 21.4. The van der Waals surface area contributed by atoms with E-state index >= 15 is 0 Å². The molecular formula is C22H26N2O5. The lowest BCUT2D eigenvalue weighted by Gasteiger charge is -2.23. The molecule has 0 aliphatic carbocycles. The van der Waals surface area contributed by atoms with Crippen molar-refractivity contribution in [2.75, 3.05) is 23.9 Å². The van der Waals surface area contributed by atoms with Crippen molar-refractivity contribution in [1.82, 2.24) is 0 Å². The van der Waals surface area contributed by atoms with Gasteiger partial charge in [0.15, 0.2) is 0 Å². The fourth-order valence-corrected chi connectivity index (χ4v) is 2.76. The molecule has 0 radical (unpaired) electrons. The number of carbonyl (C=O) groups excluding carboxylic acids is 3. The summed E-state index contributed by atoms with van der Waals surface area (Å²) in [5, 5.41) is 2.79. The fourth-order valence-electron chi connectivity index (χ4n) is 2.76. The zero-order valence-corrected chi connectivity index (χ0v) is 17.1. The van der Waals surface area contributed by atoms with E-state index < -0.39 is 5.97 Å². The highest BCUT2D eigenvalue weighted by Gasteiger charge is 2.20. The van der Waals surface area contributed by atoms with Crippen LogP contribution in [0.25, 0.3) is 0 Å². The molecule has 0 atom stereocenters. The predicted molar refractivity (Wildman–Crippen MR) is 111 cm³/mol. The molecule has 2 aromatic carbocycles. The van der Waals surface area contributed by atoms with Gasteiger partial charge in [0.05, 0.1) is 24.5 Å². The van der Waals surface area contributed by atoms with Crippen LogP contribution in [0.4, 0.5) is 11.4 Å². The number of carbonyl (C=O) groups is 3. The molecular weight excluding hydrogens is 372 g/mol. The second-order valence-electron chi connectivity index (χ2n) is 6.67. The fraction of sp³-hybridized carbons (Fsp3) is 0.318. The summed E-state index contributed by atoms with van der Waals surface area (Å²) < 4.78 is 10.4. The number of esters is 1. The maximum Gasteiger partial charge on any atom is 0.339 e. The van der Waals surface area contributed by atoms with E-state index in [1.54, 1.807) is 48.5 Å². The molecule has 7 nitrogen and oxygen atoms in total. The standard InChI is InChI=1S/C22H26N2O5/c1-15(2)29-18-11-9-17(10-12-18)23-21(26)13-14-24(16(3)25)20-8-6-5-7-19(20)22(27)28-4/h5-12,15H,13-14H2,1-4H3,(H,23,26). The molecule has 2 aromatic rings. The highest BCUT2D eigenvalue weighted by Crippen LogP contribution is 2.22. The average molecular weight is 398 g/mol. The number of nitrogens with one attached hydrogen (secondary N) is 1. The molecule has 0 unspecified atom stereocenters. The summed E-state index contributed by atoms with van der Waals surface area (Å²) in [6.45, 7) is 5.40. The van der Waals surface area contributed by atoms with Crippen LogP contribution in [0.15, 0.2) is 48.5 Å². The summed E-state index contributed by atoms with van der Waals surface area (Å²) in [6.07, 6.45) is 0.139. The molecule has 0 saturated carbocycles. The minimum absolute atomic E-state index is 0.0688. The molecule has 2 rings (SSSR count). The number of hydrogen-bond donors (Lipinski definition) is 1. The van der Waals surface area contributed by atoms with Crippen LogP contribution >= 0.6 is 0 Å². The monoisotopic (exact) mass is 398 g/mol. The maximum atomic E-state index is 12.3. The first-order chi connectivity index (χ1) is 13.8. The van der Waals surface area contributed by atoms with E-state index in [2.05, 4.69) is 5.32 Å². The van der Waals surface area contributed by atoms with E-state index in [-0.39, 0.29) is 36.4 Å². The van der Waals surface area contributed by atoms with Gasteiger partial charge in [-0.1, -0.05) is 12.1 Å². The van der Waals surface area contributed by atoms with E-state index in [1.807, 2.05) is 13.8 Å². The summed E-state index contributed by atoms with van der Waals surface area (Å²) in [5.74, 6) is -0.339. The number of para-hydroxylation sites is 1. The molecule has 0 aliphatic rings. The minimum Gasteiger partial charge on any atom is -0.491 e. The first-order valence-corrected chi connectivity index (χ1v) is 9.33. The van der Waals surface area contributed by atoms with Crippen molar-refractivity contribution >= 4 is 29.2 Å². The Kier molecular flexibility index (Phi) is 7.77. The van der Waals surface area contributed by atoms with Crippen molar-refractivity contribution < 1.29 is 23.9 Å². The Morgan fingerprint density at radius 3 is 2.28 bits per heavy atom. The van der Waals surface area contributed by atoms with Crippen molar-refractivity contribution in [3.05, 3.63) is 54.1 Å². The third kappa shape index (κ3) is 6.34. The summed E-state index contributed by atoms with van der Waals surface area (Å²) in [7, 11) is 1.28. The number of amides is 2. The number of methoxy groups -OCH3 is 1. The van der Waals surface area contributed by atoms with Crippen LogP contribution in [0.3, 0.4) is 0 Å². The smallest absolute Gasteiger partial charge is 0.339 e. The van der Waals surface area contributed by atoms with Crippen LogP contribution in [-0.4, -0.2) is 37.5 Å². The van der Waals surface area contributed by atoms with Crippen LogP contribution < -0.4 is 15.0 Å². The lowest BCUT2D eigenvalue weighted by Crippen LogP contribution is -2.33. The van der Waals surface area contributed by atoms with Gasteiger partial charge in [0.25, 0.3) is 0 Å². The Balaban J connectivity index is 2.03. The first kappa shape index (κ1) is 21.9. The highest BCUT2D eigenvalue weighted by atomic mass is 16.5. The van der Waals surface area contributed by atoms with Gasteiger partial charge in [0.1, 0.15) is 5.75 Å². The molecule has 0 bridgehead atoms. The van der Waals surface area contributed by atoms with Crippen LogP contribution in [0, 0.1) is 0 Å². The van der Waals surface area contributed by atoms with Gasteiger partial charge in [-0.2, -0.15) is 0 Å². The predicted octanol–water partition coefficient (Wildman–Crippen LogP) is 3.64. The Morgan fingerprint density at radius 1 is 1.03 bits per heavy atom. The second kappa shape index (κ2) is 10.3. The SMILES string of the molecule is COC(=O)c1ccccc1N(CCC(=O)Nc1ccc(OC(C)C)cc1)C(C)=O. The normalized spacial score (nSPS) is 10.4. The zero-order valence-electron chi connectivity index (χ0n) is 17.1. The molecule has 0 heterocycles. The number of nitrogens with zero attached hydrogens (tertiary/aromatic N) is 1. The molecule has 1 N–H and O–H groups in total. The molecule has 7 heteroatoms. The van der Waals surface area contributed by atoms with Gasteiger partial charge in [-0.15, -0.1) is 0 Å². The van der Waals surface area contributed by atoms with E-state index in [9.17, 15) is 14.4 Å². The third-order valence-electron chi connectivity index (χ3n) is 4.05. The Labute approximate surface area is 170 Å². The van der Waals surface area contributed by atoms with Crippen LogP contribution in [0.5, 0.6) is 5.75 Å². The van der Waals surface area contributed by atoms with Gasteiger partial charge >= 0.3 is 5.97 Å². The van der Waals surface area contributed by atoms with Crippen molar-refractivity contribution in [1.29, 1.82) is 0 Å². The quantitative estimate of drug-likeness (QED) is 0.686. The van der Waals surface area contributed by atoms with E-state index in [0.717, 1.165) is 5.75 Å². The largest absolute Gasteiger partial charge is 0.491 e. The Hall–Kier alpha value is -3.35. The first-order valence-electron chi connectivity index (χ1n) is 9.33. The van der Waals surface area contributed by atoms with Crippen LogP contribution in [0.2, 0.25) is 0 Å². The average Bonchev–Trinajstić information content (AvgIpc) is 2.68. The molecule has 0 saturated heterocycles. The molecule has 0 aromatic heterocycles. The van der Waals surface area contributed by atoms with Crippen LogP contribution in [-0.2, 0) is 14.3 Å². The minimum atomic E-state index is -0.542. The van der Waals surface area contributed by atoms with Gasteiger partial charge in [0.2, 0.25) is 11.8 Å². The molecule has 0 spiro atoms. The van der Waals surface area contributed by atoms with Crippen molar-refractivity contribution in [3.8, 4) is 5.75 Å². The van der Waals surface area contributed by atoms with Gasteiger partial charge in [0, 0.05) is 25.6 Å². The topological polar surface area (TPSA) is 84.9 Å². The van der Waals surface area contributed by atoms with Crippen molar-refractivity contribution in [2.45, 2.75) is 33.3 Å². The third-order valence-corrected chi connectivity index (χ3v) is 4.05.